The molecule has 1 amide bonds. The second kappa shape index (κ2) is 6.00. The average molecular weight is 286 g/mol. The summed E-state index contributed by atoms with van der Waals surface area (Å²) < 4.78 is 0. The van der Waals surface area contributed by atoms with Crippen LogP contribution in [0.15, 0.2) is 36.7 Å². The van der Waals surface area contributed by atoms with Crippen molar-refractivity contribution in [1.29, 1.82) is 0 Å². The molecule has 0 unspecified atom stereocenters. The number of hydrogen-bond donors (Lipinski definition) is 2. The third kappa shape index (κ3) is 3.33. The Labute approximate surface area is 121 Å². The molecule has 1 aromatic heterocycles. The van der Waals surface area contributed by atoms with Crippen LogP contribution in [0.2, 0.25) is 0 Å². The predicted octanol–water partition coefficient (Wildman–Crippen LogP) is 2.59. The lowest BCUT2D eigenvalue weighted by molar-refractivity contribution is -0.385. The molecular weight excluding hydrogens is 272 g/mol. The molecule has 0 saturated carbocycles. The molecular formula is C14H14N4O3. The van der Waals surface area contributed by atoms with Crippen molar-refractivity contribution >= 4 is 23.0 Å². The number of anilines is 2. The Hall–Kier alpha value is -2.96. The monoisotopic (exact) mass is 286 g/mol. The summed E-state index contributed by atoms with van der Waals surface area (Å²) in [5, 5.41) is 16.5. The van der Waals surface area contributed by atoms with E-state index in [9.17, 15) is 14.9 Å². The van der Waals surface area contributed by atoms with Gasteiger partial charge in [-0.1, -0.05) is 0 Å². The number of nitrogens with one attached hydrogen (secondary N) is 2. The molecule has 0 fully saturated rings. The second-order valence-electron chi connectivity index (χ2n) is 4.44. The van der Waals surface area contributed by atoms with Crippen LogP contribution in [0.1, 0.15) is 15.9 Å². The van der Waals surface area contributed by atoms with Crippen LogP contribution in [0, 0.1) is 17.0 Å². The molecule has 0 saturated heterocycles. The van der Waals surface area contributed by atoms with E-state index >= 15 is 0 Å². The Morgan fingerprint density at radius 2 is 2.00 bits per heavy atom. The zero-order chi connectivity index (χ0) is 15.4. The van der Waals surface area contributed by atoms with Crippen molar-refractivity contribution in [2.24, 2.45) is 0 Å². The van der Waals surface area contributed by atoms with Crippen molar-refractivity contribution in [2.45, 2.75) is 6.92 Å². The van der Waals surface area contributed by atoms with Gasteiger partial charge in [0.25, 0.3) is 11.6 Å². The number of hydrogen-bond acceptors (Lipinski definition) is 5. The molecule has 0 bridgehead atoms. The largest absolute Gasteiger partial charge is 0.388 e. The summed E-state index contributed by atoms with van der Waals surface area (Å²) in [6.45, 7) is 1.84. The number of aryl methyl sites for hydroxylation is 1. The summed E-state index contributed by atoms with van der Waals surface area (Å²) in [5.74, 6) is -0.550. The van der Waals surface area contributed by atoms with Crippen molar-refractivity contribution in [3.8, 4) is 0 Å². The molecule has 2 rings (SSSR count). The molecule has 0 aliphatic rings. The molecule has 0 aliphatic carbocycles. The summed E-state index contributed by atoms with van der Waals surface area (Å²) in [4.78, 5) is 26.7. The van der Waals surface area contributed by atoms with Crippen LogP contribution in [0.3, 0.4) is 0 Å². The molecule has 0 spiro atoms. The van der Waals surface area contributed by atoms with Crippen molar-refractivity contribution in [3.05, 3.63) is 57.9 Å². The minimum Gasteiger partial charge on any atom is -0.388 e. The normalized spacial score (nSPS) is 10.0. The number of carbonyl (C=O) groups excluding carboxylic acids is 1. The van der Waals surface area contributed by atoms with E-state index in [0.29, 0.717) is 11.4 Å². The fourth-order valence-electron chi connectivity index (χ4n) is 1.85. The van der Waals surface area contributed by atoms with Crippen LogP contribution in [0.5, 0.6) is 0 Å². The van der Waals surface area contributed by atoms with E-state index in [2.05, 4.69) is 15.6 Å². The number of rotatable bonds is 4. The maximum absolute atomic E-state index is 12.2. The lowest BCUT2D eigenvalue weighted by Gasteiger charge is -2.08. The fraction of sp³-hybridized carbons (Fsp3) is 0.143. The Balaban J connectivity index is 2.35. The van der Waals surface area contributed by atoms with E-state index in [4.69, 9.17) is 0 Å². The van der Waals surface area contributed by atoms with Crippen LogP contribution >= 0.6 is 0 Å². The highest BCUT2D eigenvalue weighted by atomic mass is 16.6. The zero-order valence-electron chi connectivity index (χ0n) is 11.6. The van der Waals surface area contributed by atoms with Crippen molar-refractivity contribution in [2.75, 3.05) is 17.7 Å². The highest BCUT2D eigenvalue weighted by molar-refractivity contribution is 6.07. The molecule has 1 aromatic carbocycles. The Morgan fingerprint density at radius 3 is 2.62 bits per heavy atom. The van der Waals surface area contributed by atoms with Gasteiger partial charge in [-0.25, -0.2) is 0 Å². The number of nitro groups is 1. The molecule has 0 atom stereocenters. The highest BCUT2D eigenvalue weighted by Gasteiger charge is 2.20. The van der Waals surface area contributed by atoms with Crippen molar-refractivity contribution in [1.82, 2.24) is 4.98 Å². The SMILES string of the molecule is CNc1ccc([N+](=O)[O-])c(C(=O)Nc2cncc(C)c2)c1. The summed E-state index contributed by atoms with van der Waals surface area (Å²) in [6.07, 6.45) is 3.14. The molecule has 7 heteroatoms. The van der Waals surface area contributed by atoms with Gasteiger partial charge in [-0.15, -0.1) is 0 Å². The van der Waals surface area contributed by atoms with E-state index in [0.717, 1.165) is 5.56 Å². The van der Waals surface area contributed by atoms with Crippen molar-refractivity contribution < 1.29 is 9.72 Å². The first-order valence-electron chi connectivity index (χ1n) is 6.20. The first kappa shape index (κ1) is 14.4. The highest BCUT2D eigenvalue weighted by Crippen LogP contribution is 2.23. The number of benzene rings is 1. The quantitative estimate of drug-likeness (QED) is 0.665. The van der Waals surface area contributed by atoms with E-state index < -0.39 is 10.8 Å². The average Bonchev–Trinajstić information content (AvgIpc) is 2.46. The second-order valence-corrected chi connectivity index (χ2v) is 4.44. The molecule has 108 valence electrons. The molecule has 0 radical (unpaired) electrons. The van der Waals surface area contributed by atoms with E-state index in [1.807, 2.05) is 6.92 Å². The van der Waals surface area contributed by atoms with Gasteiger partial charge in [0.2, 0.25) is 0 Å². The molecule has 2 aromatic rings. The first-order valence-corrected chi connectivity index (χ1v) is 6.20. The minimum absolute atomic E-state index is 0.00615. The maximum atomic E-state index is 12.2. The summed E-state index contributed by atoms with van der Waals surface area (Å²) >= 11 is 0. The number of carbonyl (C=O) groups is 1. The van der Waals surface area contributed by atoms with Gasteiger partial charge in [-0.2, -0.15) is 0 Å². The van der Waals surface area contributed by atoms with E-state index in [-0.39, 0.29) is 11.3 Å². The first-order chi connectivity index (χ1) is 10.0. The fourth-order valence-corrected chi connectivity index (χ4v) is 1.85. The molecule has 0 aliphatic heterocycles. The van der Waals surface area contributed by atoms with Gasteiger partial charge >= 0.3 is 0 Å². The number of pyridine rings is 1. The number of nitrogens with zero attached hydrogens (tertiary/aromatic N) is 2. The molecule has 1 heterocycles. The minimum atomic E-state index is -0.581. The predicted molar refractivity (Wildman–Crippen MR) is 79.6 cm³/mol. The lowest BCUT2D eigenvalue weighted by atomic mass is 10.1. The van der Waals surface area contributed by atoms with Crippen molar-refractivity contribution in [3.63, 3.8) is 0 Å². The third-order valence-corrected chi connectivity index (χ3v) is 2.86. The molecule has 2 N–H and O–H groups in total. The van der Waals surface area contributed by atoms with E-state index in [1.54, 1.807) is 25.4 Å². The summed E-state index contributed by atoms with van der Waals surface area (Å²) in [6, 6.07) is 6.02. The Morgan fingerprint density at radius 1 is 1.24 bits per heavy atom. The zero-order valence-corrected chi connectivity index (χ0v) is 11.6. The van der Waals surface area contributed by atoms with Gasteiger partial charge in [0.15, 0.2) is 0 Å². The van der Waals surface area contributed by atoms with Gasteiger partial charge in [-0.3, -0.25) is 19.9 Å². The summed E-state index contributed by atoms with van der Waals surface area (Å²) in [7, 11) is 1.67. The Kier molecular flexibility index (Phi) is 4.13. The van der Waals surface area contributed by atoms with E-state index in [1.165, 1.54) is 18.3 Å². The number of amides is 1. The van der Waals surface area contributed by atoms with Crippen LogP contribution in [-0.4, -0.2) is 22.9 Å². The molecule has 7 nitrogen and oxygen atoms in total. The van der Waals surface area contributed by atoms with Crippen LogP contribution in [0.25, 0.3) is 0 Å². The molecule has 21 heavy (non-hydrogen) atoms. The number of aromatic nitrogens is 1. The van der Waals surface area contributed by atoms with Gasteiger partial charge in [0.05, 0.1) is 16.8 Å². The maximum Gasteiger partial charge on any atom is 0.282 e. The number of nitro benzene ring substituents is 1. The van der Waals surface area contributed by atoms with Gasteiger partial charge in [0, 0.05) is 25.0 Å². The van der Waals surface area contributed by atoms with Gasteiger partial charge in [-0.05, 0) is 30.7 Å². The van der Waals surface area contributed by atoms with Crippen LogP contribution < -0.4 is 10.6 Å². The standard InChI is InChI=1S/C14H14N4O3/c1-9-5-11(8-16-7-9)17-14(19)12-6-10(15-2)3-4-13(12)18(20)21/h3-8,15H,1-2H3,(H,17,19). The van der Waals surface area contributed by atoms with Crippen LogP contribution in [-0.2, 0) is 0 Å². The Bertz CT molecular complexity index is 700. The lowest BCUT2D eigenvalue weighted by Crippen LogP contribution is -2.14. The van der Waals surface area contributed by atoms with Gasteiger partial charge < -0.3 is 10.6 Å². The van der Waals surface area contributed by atoms with Gasteiger partial charge in [0.1, 0.15) is 5.56 Å². The van der Waals surface area contributed by atoms with Crippen LogP contribution in [0.4, 0.5) is 17.1 Å². The third-order valence-electron chi connectivity index (χ3n) is 2.86. The summed E-state index contributed by atoms with van der Waals surface area (Å²) in [5.41, 5.74) is 1.74. The smallest absolute Gasteiger partial charge is 0.282 e. The topological polar surface area (TPSA) is 97.2 Å².